The van der Waals surface area contributed by atoms with E-state index in [0.29, 0.717) is 35.1 Å². The van der Waals surface area contributed by atoms with Gasteiger partial charge in [-0.15, -0.1) is 0 Å². The maximum absolute atomic E-state index is 12.8. The number of hydrogen-bond donors (Lipinski definition) is 3. The molecule has 36 heavy (non-hydrogen) atoms. The normalized spacial score (nSPS) is 16.2. The number of benzene rings is 2. The van der Waals surface area contributed by atoms with Gasteiger partial charge in [-0.25, -0.2) is 9.97 Å². The molecule has 1 fully saturated rings. The highest BCUT2D eigenvalue weighted by Gasteiger charge is 2.50. The predicted octanol–water partition coefficient (Wildman–Crippen LogP) is 3.71. The van der Waals surface area contributed by atoms with Crippen LogP contribution in [0.5, 0.6) is 0 Å². The first-order valence-electron chi connectivity index (χ1n) is 12.3. The summed E-state index contributed by atoms with van der Waals surface area (Å²) in [6.07, 6.45) is 0.888. The molecular weight excluding hydrogens is 452 g/mol. The second kappa shape index (κ2) is 10.4. The Morgan fingerprint density at radius 2 is 1.67 bits per heavy atom. The molecule has 4 rings (SSSR count). The minimum Gasteiger partial charge on any atom is -0.399 e. The fourth-order valence-electron chi connectivity index (χ4n) is 4.59. The summed E-state index contributed by atoms with van der Waals surface area (Å²) >= 11 is 0. The Hall–Kier alpha value is -3.94. The molecule has 1 aromatic heterocycles. The zero-order valence-electron chi connectivity index (χ0n) is 21.3. The van der Waals surface area contributed by atoms with Crippen LogP contribution in [0.15, 0.2) is 54.6 Å². The molecule has 4 N–H and O–H groups in total. The van der Waals surface area contributed by atoms with Crippen LogP contribution in [0.2, 0.25) is 0 Å². The first kappa shape index (κ1) is 25.2. The quantitative estimate of drug-likeness (QED) is 0.419. The van der Waals surface area contributed by atoms with Gasteiger partial charge in [0.25, 0.3) is 5.91 Å². The van der Waals surface area contributed by atoms with Gasteiger partial charge in [0, 0.05) is 35.8 Å². The molecule has 1 aliphatic heterocycles. The molecule has 2 aromatic carbocycles. The van der Waals surface area contributed by atoms with E-state index in [1.54, 1.807) is 12.1 Å². The van der Waals surface area contributed by atoms with E-state index in [1.165, 1.54) is 0 Å². The average molecular weight is 487 g/mol. The predicted molar refractivity (Wildman–Crippen MR) is 142 cm³/mol. The summed E-state index contributed by atoms with van der Waals surface area (Å²) in [7, 11) is 0. The van der Waals surface area contributed by atoms with Gasteiger partial charge in [0.05, 0.1) is 12.2 Å². The van der Waals surface area contributed by atoms with Crippen molar-refractivity contribution in [1.82, 2.24) is 20.6 Å². The van der Waals surface area contributed by atoms with Crippen molar-refractivity contribution in [1.29, 1.82) is 0 Å². The summed E-state index contributed by atoms with van der Waals surface area (Å²) in [5, 5.41) is 5.95. The van der Waals surface area contributed by atoms with Gasteiger partial charge in [0.15, 0.2) is 0 Å². The molecule has 8 nitrogen and oxygen atoms in total. The number of carbonyl (C=O) groups excluding carboxylic acids is 2. The van der Waals surface area contributed by atoms with Gasteiger partial charge in [-0.05, 0) is 48.7 Å². The van der Waals surface area contributed by atoms with E-state index in [1.807, 2.05) is 61.2 Å². The van der Waals surface area contributed by atoms with E-state index >= 15 is 0 Å². The van der Waals surface area contributed by atoms with Crippen LogP contribution in [0.1, 0.15) is 49.1 Å². The first-order chi connectivity index (χ1) is 17.2. The number of amides is 2. The number of nitrogen functional groups attached to an aromatic ring is 1. The first-order valence-corrected chi connectivity index (χ1v) is 12.3. The number of rotatable bonds is 8. The third kappa shape index (κ3) is 5.48. The molecule has 3 aromatic rings. The van der Waals surface area contributed by atoms with Crippen LogP contribution in [0.25, 0.3) is 11.1 Å². The molecule has 1 unspecified atom stereocenters. The topological polar surface area (TPSA) is 113 Å². The summed E-state index contributed by atoms with van der Waals surface area (Å²) in [6.45, 7) is 9.67. The van der Waals surface area contributed by atoms with Gasteiger partial charge in [-0.2, -0.15) is 0 Å². The number of nitrogens with one attached hydrogen (secondary N) is 2. The fraction of sp³-hybridized carbons (Fsp3) is 0.357. The number of nitrogens with zero attached hydrogens (tertiary/aromatic N) is 3. The van der Waals surface area contributed by atoms with E-state index < -0.39 is 0 Å². The van der Waals surface area contributed by atoms with Crippen molar-refractivity contribution in [3.8, 4) is 11.1 Å². The van der Waals surface area contributed by atoms with Gasteiger partial charge < -0.3 is 21.3 Å². The highest BCUT2D eigenvalue weighted by atomic mass is 16.2. The van der Waals surface area contributed by atoms with Crippen LogP contribution < -0.4 is 21.3 Å². The fourth-order valence-corrected chi connectivity index (χ4v) is 4.59. The second-order valence-corrected chi connectivity index (χ2v) is 9.96. The Balaban J connectivity index is 1.42. The van der Waals surface area contributed by atoms with E-state index in [-0.39, 0.29) is 29.8 Å². The lowest BCUT2D eigenvalue weighted by molar-refractivity contribution is -0.127. The lowest BCUT2D eigenvalue weighted by Crippen LogP contribution is -2.68. The molecule has 0 radical (unpaired) electrons. The van der Waals surface area contributed by atoms with Gasteiger partial charge in [-0.1, -0.05) is 45.0 Å². The van der Waals surface area contributed by atoms with Crippen molar-refractivity contribution in [2.45, 2.75) is 46.7 Å². The lowest BCUT2D eigenvalue weighted by Gasteiger charge is -2.53. The molecule has 2 heterocycles. The number of nitrogens with two attached hydrogens (primary N) is 1. The third-order valence-electron chi connectivity index (χ3n) is 6.42. The van der Waals surface area contributed by atoms with Crippen LogP contribution in [0, 0.1) is 12.3 Å². The summed E-state index contributed by atoms with van der Waals surface area (Å²) in [5.74, 6) is 1.14. The van der Waals surface area contributed by atoms with Gasteiger partial charge >= 0.3 is 0 Å². The average Bonchev–Trinajstić information content (AvgIpc) is 2.85. The van der Waals surface area contributed by atoms with E-state index in [2.05, 4.69) is 34.4 Å². The molecule has 0 spiro atoms. The van der Waals surface area contributed by atoms with Crippen molar-refractivity contribution in [2.75, 3.05) is 23.7 Å². The number of carbonyl (C=O) groups is 2. The molecule has 0 aliphatic carbocycles. The zero-order chi connectivity index (χ0) is 25.9. The molecule has 0 bridgehead atoms. The van der Waals surface area contributed by atoms with Crippen molar-refractivity contribution < 1.29 is 9.59 Å². The summed E-state index contributed by atoms with van der Waals surface area (Å²) in [5.41, 5.74) is 9.64. The van der Waals surface area contributed by atoms with Crippen LogP contribution in [0.3, 0.4) is 0 Å². The largest absolute Gasteiger partial charge is 0.399 e. The Morgan fingerprint density at radius 1 is 1.03 bits per heavy atom. The summed E-state index contributed by atoms with van der Waals surface area (Å²) in [4.78, 5) is 36.7. The molecule has 188 valence electrons. The second-order valence-electron chi connectivity index (χ2n) is 9.96. The van der Waals surface area contributed by atoms with Crippen LogP contribution in [-0.2, 0) is 11.3 Å². The maximum Gasteiger partial charge on any atom is 0.251 e. The van der Waals surface area contributed by atoms with Gasteiger partial charge in [0.2, 0.25) is 5.91 Å². The Labute approximate surface area is 212 Å². The van der Waals surface area contributed by atoms with E-state index in [9.17, 15) is 9.59 Å². The van der Waals surface area contributed by atoms with Crippen molar-refractivity contribution in [3.63, 3.8) is 0 Å². The Kier molecular flexibility index (Phi) is 7.24. The molecule has 2 amide bonds. The van der Waals surface area contributed by atoms with Crippen LogP contribution in [0.4, 0.5) is 11.5 Å². The van der Waals surface area contributed by atoms with E-state index in [0.717, 1.165) is 24.1 Å². The lowest BCUT2D eigenvalue weighted by atomic mass is 9.74. The Bertz CT molecular complexity index is 1240. The number of hydrogen-bond acceptors (Lipinski definition) is 6. The number of aromatic nitrogens is 2. The third-order valence-corrected chi connectivity index (χ3v) is 6.42. The van der Waals surface area contributed by atoms with Crippen molar-refractivity contribution >= 4 is 23.3 Å². The molecular formula is C28H34N6O2. The van der Waals surface area contributed by atoms with Gasteiger partial charge in [-0.3, -0.25) is 9.59 Å². The van der Waals surface area contributed by atoms with Crippen molar-refractivity contribution in [2.24, 2.45) is 5.41 Å². The highest BCUT2D eigenvalue weighted by molar-refractivity contribution is 5.94. The molecule has 1 aliphatic rings. The summed E-state index contributed by atoms with van der Waals surface area (Å²) in [6, 6.07) is 16.6. The standard InChI is InChI=1S/C28H34N6O2/c1-5-14-30-27(36)25-28(3,4)17-34(25)24-15-23(32-18(2)33-24)16-31-26(35)21-8-6-19(7-9-21)20-10-12-22(29)13-11-20/h6-13,15,25H,5,14,16-17,29H2,1-4H3,(H,30,36)(H,31,35). The molecule has 1 atom stereocenters. The van der Waals surface area contributed by atoms with Crippen molar-refractivity contribution in [3.05, 3.63) is 71.7 Å². The minimum atomic E-state index is -0.291. The number of aryl methyl sites for hydroxylation is 1. The van der Waals surface area contributed by atoms with E-state index in [4.69, 9.17) is 5.73 Å². The monoisotopic (exact) mass is 486 g/mol. The molecule has 1 saturated heterocycles. The summed E-state index contributed by atoms with van der Waals surface area (Å²) < 4.78 is 0. The smallest absolute Gasteiger partial charge is 0.251 e. The molecule has 8 heteroatoms. The number of anilines is 2. The highest BCUT2D eigenvalue weighted by Crippen LogP contribution is 2.40. The zero-order valence-corrected chi connectivity index (χ0v) is 21.3. The van der Waals surface area contributed by atoms with Gasteiger partial charge in [0.1, 0.15) is 17.7 Å². The molecule has 0 saturated carbocycles. The minimum absolute atomic E-state index is 0.0154. The van der Waals surface area contributed by atoms with Crippen LogP contribution in [-0.4, -0.2) is 40.9 Å². The SMILES string of the molecule is CCCNC(=O)C1N(c2cc(CNC(=O)c3ccc(-c4ccc(N)cc4)cc3)nc(C)n2)CC1(C)C. The maximum atomic E-state index is 12.8. The van der Waals surface area contributed by atoms with Crippen LogP contribution >= 0.6 is 0 Å². The Morgan fingerprint density at radius 3 is 2.28 bits per heavy atom.